The third-order valence-corrected chi connectivity index (χ3v) is 12.3. The van der Waals surface area contributed by atoms with Gasteiger partial charge in [-0.1, -0.05) is 264 Å². The lowest BCUT2D eigenvalue weighted by molar-refractivity contribution is -0.161. The number of carbonyl (C=O) groups excluding carboxylic acids is 2. The Kier molecular flexibility index (Phi) is 49.8. The van der Waals surface area contributed by atoms with Crippen molar-refractivity contribution in [2.45, 2.75) is 309 Å². The largest absolute Gasteiger partial charge is 0.462 e. The van der Waals surface area contributed by atoms with Crippen LogP contribution in [0.1, 0.15) is 303 Å². The van der Waals surface area contributed by atoms with Crippen molar-refractivity contribution < 1.29 is 24.2 Å². The Bertz CT molecular complexity index is 856. The first-order chi connectivity index (χ1) is 29.1. The minimum atomic E-state index is -0.764. The first kappa shape index (κ1) is 57.6. The number of esters is 2. The Morgan fingerprint density at radius 2 is 0.627 bits per heavy atom. The molecule has 5 nitrogen and oxygen atoms in total. The lowest BCUT2D eigenvalue weighted by atomic mass is 10.0. The smallest absolute Gasteiger partial charge is 0.306 e. The fraction of sp³-hybridized carbons (Fsp3) is 0.926. The molecule has 0 aromatic rings. The number of hydrogen-bond acceptors (Lipinski definition) is 5. The van der Waals surface area contributed by atoms with Gasteiger partial charge in [-0.3, -0.25) is 9.59 Å². The van der Waals surface area contributed by atoms with E-state index in [1.54, 1.807) is 0 Å². The van der Waals surface area contributed by atoms with Crippen molar-refractivity contribution in [2.24, 2.45) is 0 Å². The standard InChI is InChI=1S/C54H104O5/c1-3-5-7-9-11-13-15-17-19-20-21-22-23-24-25-26-27-28-29-30-31-32-33-34-35-37-39-41-43-45-47-49-54(57)59-52(50-55)51-58-53(56)48-46-44-42-40-38-36-18-16-14-12-10-8-6-4-2/h20-21,52,55H,3-19,22-51H2,1-2H3/b21-20-. The predicted molar refractivity (Wildman–Crippen MR) is 256 cm³/mol. The van der Waals surface area contributed by atoms with Gasteiger partial charge < -0.3 is 14.6 Å². The second kappa shape index (κ2) is 51.0. The molecule has 0 saturated carbocycles. The highest BCUT2D eigenvalue weighted by Crippen LogP contribution is 2.17. The molecule has 1 unspecified atom stereocenters. The van der Waals surface area contributed by atoms with E-state index in [1.807, 2.05) is 0 Å². The van der Waals surface area contributed by atoms with Crippen LogP contribution in [0.15, 0.2) is 12.2 Å². The molecule has 1 atom stereocenters. The fourth-order valence-corrected chi connectivity index (χ4v) is 8.26. The van der Waals surface area contributed by atoms with Crippen LogP contribution < -0.4 is 0 Å². The van der Waals surface area contributed by atoms with Crippen molar-refractivity contribution in [3.8, 4) is 0 Å². The van der Waals surface area contributed by atoms with Gasteiger partial charge in [0.05, 0.1) is 6.61 Å². The Labute approximate surface area is 369 Å². The van der Waals surface area contributed by atoms with E-state index >= 15 is 0 Å². The molecule has 0 rings (SSSR count). The van der Waals surface area contributed by atoms with E-state index in [-0.39, 0.29) is 25.2 Å². The van der Waals surface area contributed by atoms with Crippen LogP contribution in [0.3, 0.4) is 0 Å². The van der Waals surface area contributed by atoms with E-state index in [4.69, 9.17) is 9.47 Å². The van der Waals surface area contributed by atoms with Crippen molar-refractivity contribution in [3.63, 3.8) is 0 Å². The van der Waals surface area contributed by atoms with Crippen LogP contribution in [0.25, 0.3) is 0 Å². The van der Waals surface area contributed by atoms with Crippen LogP contribution in [0.2, 0.25) is 0 Å². The summed E-state index contributed by atoms with van der Waals surface area (Å²) in [7, 11) is 0. The second-order valence-electron chi connectivity index (χ2n) is 18.3. The average molecular weight is 833 g/mol. The summed E-state index contributed by atoms with van der Waals surface area (Å²) >= 11 is 0. The SMILES string of the molecule is CCCCCCCCCC/C=C\CCCCCCCCCCCCCCCCCCCCCC(=O)OC(CO)COC(=O)CCCCCCCCCCCCCCCC. The number of allylic oxidation sites excluding steroid dienone is 2. The van der Waals surface area contributed by atoms with Gasteiger partial charge in [-0.2, -0.15) is 0 Å². The molecule has 0 fully saturated rings. The number of hydrogen-bond donors (Lipinski definition) is 1. The normalized spacial score (nSPS) is 12.1. The van der Waals surface area contributed by atoms with Crippen molar-refractivity contribution >= 4 is 11.9 Å². The Hall–Kier alpha value is -1.36. The van der Waals surface area contributed by atoms with Crippen molar-refractivity contribution in [3.05, 3.63) is 12.2 Å². The number of aliphatic hydroxyl groups is 1. The van der Waals surface area contributed by atoms with Crippen LogP contribution in [-0.4, -0.2) is 36.4 Å². The first-order valence-corrected chi connectivity index (χ1v) is 26.7. The third kappa shape index (κ3) is 49.2. The highest BCUT2D eigenvalue weighted by molar-refractivity contribution is 5.70. The summed E-state index contributed by atoms with van der Waals surface area (Å²) in [6.07, 6.45) is 61.9. The van der Waals surface area contributed by atoms with Gasteiger partial charge in [0, 0.05) is 12.8 Å². The maximum absolute atomic E-state index is 12.3. The molecular weight excluding hydrogens is 729 g/mol. The number of rotatable bonds is 50. The molecule has 0 aliphatic heterocycles. The molecule has 0 aliphatic carbocycles. The Morgan fingerprint density at radius 1 is 0.373 bits per heavy atom. The fourth-order valence-electron chi connectivity index (χ4n) is 8.26. The van der Waals surface area contributed by atoms with Crippen LogP contribution in [-0.2, 0) is 19.1 Å². The molecule has 0 aromatic heterocycles. The molecule has 1 N–H and O–H groups in total. The summed E-state index contributed by atoms with van der Waals surface area (Å²) in [5, 5.41) is 9.61. The Morgan fingerprint density at radius 3 is 0.915 bits per heavy atom. The highest BCUT2D eigenvalue weighted by Gasteiger charge is 2.16. The number of aliphatic hydroxyl groups excluding tert-OH is 1. The Balaban J connectivity index is 3.39. The van der Waals surface area contributed by atoms with E-state index in [1.165, 1.54) is 244 Å². The molecule has 0 heterocycles. The van der Waals surface area contributed by atoms with E-state index in [2.05, 4.69) is 26.0 Å². The average Bonchev–Trinajstić information content (AvgIpc) is 3.24. The zero-order valence-corrected chi connectivity index (χ0v) is 40.0. The monoisotopic (exact) mass is 833 g/mol. The van der Waals surface area contributed by atoms with Crippen LogP contribution in [0.5, 0.6) is 0 Å². The van der Waals surface area contributed by atoms with Crippen molar-refractivity contribution in [1.29, 1.82) is 0 Å². The van der Waals surface area contributed by atoms with E-state index in [0.29, 0.717) is 12.8 Å². The molecule has 0 aliphatic rings. The summed E-state index contributed by atoms with van der Waals surface area (Å²) in [4.78, 5) is 24.4. The highest BCUT2D eigenvalue weighted by atomic mass is 16.6. The summed E-state index contributed by atoms with van der Waals surface area (Å²) in [5.74, 6) is -0.571. The third-order valence-electron chi connectivity index (χ3n) is 12.3. The van der Waals surface area contributed by atoms with E-state index < -0.39 is 6.10 Å². The van der Waals surface area contributed by atoms with Gasteiger partial charge >= 0.3 is 11.9 Å². The first-order valence-electron chi connectivity index (χ1n) is 26.7. The summed E-state index contributed by atoms with van der Waals surface area (Å²) in [6.45, 7) is 4.18. The van der Waals surface area contributed by atoms with E-state index in [0.717, 1.165) is 32.1 Å². The van der Waals surface area contributed by atoms with Gasteiger partial charge in [-0.25, -0.2) is 0 Å². The molecule has 0 spiro atoms. The predicted octanol–water partition coefficient (Wildman–Crippen LogP) is 17.6. The lowest BCUT2D eigenvalue weighted by Crippen LogP contribution is -2.28. The van der Waals surface area contributed by atoms with Gasteiger partial charge in [0.2, 0.25) is 0 Å². The number of ether oxygens (including phenoxy) is 2. The van der Waals surface area contributed by atoms with Crippen LogP contribution in [0.4, 0.5) is 0 Å². The minimum Gasteiger partial charge on any atom is -0.462 e. The summed E-state index contributed by atoms with van der Waals surface area (Å²) in [5.41, 5.74) is 0. The van der Waals surface area contributed by atoms with Gasteiger partial charge in [-0.05, 0) is 38.5 Å². The second-order valence-corrected chi connectivity index (χ2v) is 18.3. The molecule has 5 heteroatoms. The lowest BCUT2D eigenvalue weighted by Gasteiger charge is -2.15. The molecule has 350 valence electrons. The quantitative estimate of drug-likeness (QED) is 0.0375. The minimum absolute atomic E-state index is 0.0577. The van der Waals surface area contributed by atoms with Crippen molar-refractivity contribution in [1.82, 2.24) is 0 Å². The van der Waals surface area contributed by atoms with Crippen LogP contribution in [0, 0.1) is 0 Å². The number of unbranched alkanes of at least 4 members (excludes halogenated alkanes) is 40. The molecule has 59 heavy (non-hydrogen) atoms. The number of carbonyl (C=O) groups is 2. The van der Waals surface area contributed by atoms with Crippen LogP contribution >= 0.6 is 0 Å². The van der Waals surface area contributed by atoms with Gasteiger partial charge in [0.1, 0.15) is 6.61 Å². The molecular formula is C54H104O5. The van der Waals surface area contributed by atoms with Gasteiger partial charge in [-0.15, -0.1) is 0 Å². The summed E-state index contributed by atoms with van der Waals surface area (Å²) in [6, 6.07) is 0. The zero-order valence-electron chi connectivity index (χ0n) is 40.0. The topological polar surface area (TPSA) is 72.8 Å². The molecule has 0 aromatic carbocycles. The molecule has 0 bridgehead atoms. The zero-order chi connectivity index (χ0) is 42.8. The van der Waals surface area contributed by atoms with Gasteiger partial charge in [0.15, 0.2) is 6.10 Å². The van der Waals surface area contributed by atoms with Crippen molar-refractivity contribution in [2.75, 3.05) is 13.2 Å². The molecule has 0 radical (unpaired) electrons. The molecule has 0 saturated heterocycles. The maximum atomic E-state index is 12.3. The molecule has 0 amide bonds. The van der Waals surface area contributed by atoms with E-state index in [9.17, 15) is 14.7 Å². The summed E-state index contributed by atoms with van der Waals surface area (Å²) < 4.78 is 10.7. The van der Waals surface area contributed by atoms with Gasteiger partial charge in [0.25, 0.3) is 0 Å². The maximum Gasteiger partial charge on any atom is 0.306 e.